The summed E-state index contributed by atoms with van der Waals surface area (Å²) in [4.78, 5) is 12.2. The molecule has 0 bridgehead atoms. The number of ether oxygens (including phenoxy) is 1. The second-order valence-electron chi connectivity index (χ2n) is 5.85. The monoisotopic (exact) mass is 298 g/mol. The van der Waals surface area contributed by atoms with Gasteiger partial charge in [0.25, 0.3) is 0 Å². The Morgan fingerprint density at radius 1 is 1.09 bits per heavy atom. The van der Waals surface area contributed by atoms with Crippen LogP contribution < -0.4 is 0 Å². The van der Waals surface area contributed by atoms with Gasteiger partial charge in [-0.05, 0) is 18.1 Å². The molecule has 1 heterocycles. The molecule has 3 atom stereocenters. The van der Waals surface area contributed by atoms with Crippen LogP contribution >= 0.6 is 0 Å². The smallest absolute Gasteiger partial charge is 0.341 e. The maximum absolute atomic E-state index is 12.2. The van der Waals surface area contributed by atoms with Crippen molar-refractivity contribution < 1.29 is 19.7 Å². The van der Waals surface area contributed by atoms with Gasteiger partial charge in [0.05, 0.1) is 0 Å². The number of hydrogen-bond acceptors (Lipinski definition) is 3. The second kappa shape index (κ2) is 5.23. The lowest BCUT2D eigenvalue weighted by Crippen LogP contribution is -2.41. The predicted molar refractivity (Wildman–Crippen MR) is 81.3 cm³/mol. The van der Waals surface area contributed by atoms with E-state index in [9.17, 15) is 15.0 Å². The number of carboxylic acids is 1. The lowest BCUT2D eigenvalue weighted by atomic mass is 9.77. The van der Waals surface area contributed by atoms with Crippen LogP contribution in [0.3, 0.4) is 0 Å². The SMILES string of the molecule is C[C@@]1(O)C[C@H](c2ccccc2)[C@@](C(=O)O)(c2ccccc2)O1. The van der Waals surface area contributed by atoms with Gasteiger partial charge >= 0.3 is 5.97 Å². The van der Waals surface area contributed by atoms with E-state index in [-0.39, 0.29) is 6.42 Å². The molecule has 1 fully saturated rings. The average Bonchev–Trinajstić information content (AvgIpc) is 2.82. The Balaban J connectivity index is 2.20. The highest BCUT2D eigenvalue weighted by Gasteiger charge is 2.59. The molecule has 22 heavy (non-hydrogen) atoms. The van der Waals surface area contributed by atoms with E-state index in [4.69, 9.17) is 4.74 Å². The fourth-order valence-corrected chi connectivity index (χ4v) is 3.28. The molecule has 0 radical (unpaired) electrons. The normalized spacial score (nSPS) is 31.1. The number of carbonyl (C=O) groups is 1. The van der Waals surface area contributed by atoms with Crippen molar-refractivity contribution in [1.29, 1.82) is 0 Å². The van der Waals surface area contributed by atoms with Gasteiger partial charge in [0.1, 0.15) is 0 Å². The van der Waals surface area contributed by atoms with Crippen molar-refractivity contribution in [2.45, 2.75) is 30.7 Å². The third-order valence-corrected chi connectivity index (χ3v) is 4.18. The van der Waals surface area contributed by atoms with Crippen LogP contribution in [0.25, 0.3) is 0 Å². The topological polar surface area (TPSA) is 66.8 Å². The molecule has 4 heteroatoms. The fraction of sp³-hybridized carbons (Fsp3) is 0.278. The minimum atomic E-state index is -1.59. The van der Waals surface area contributed by atoms with Crippen molar-refractivity contribution in [2.24, 2.45) is 0 Å². The van der Waals surface area contributed by atoms with E-state index in [0.717, 1.165) is 5.56 Å². The summed E-state index contributed by atoms with van der Waals surface area (Å²) in [5, 5.41) is 20.3. The fourth-order valence-electron chi connectivity index (χ4n) is 3.28. The highest BCUT2D eigenvalue weighted by molar-refractivity contribution is 5.81. The zero-order valence-electron chi connectivity index (χ0n) is 12.3. The third kappa shape index (κ3) is 2.30. The second-order valence-corrected chi connectivity index (χ2v) is 5.85. The predicted octanol–water partition coefficient (Wildman–Crippen LogP) is 2.88. The lowest BCUT2D eigenvalue weighted by Gasteiger charge is -2.31. The molecule has 1 saturated heterocycles. The highest BCUT2D eigenvalue weighted by Crippen LogP contribution is 2.53. The molecule has 1 aliphatic rings. The zero-order chi connectivity index (χ0) is 15.8. The minimum Gasteiger partial charge on any atom is -0.479 e. The molecule has 0 aromatic heterocycles. The third-order valence-electron chi connectivity index (χ3n) is 4.18. The first-order valence-corrected chi connectivity index (χ1v) is 7.22. The van der Waals surface area contributed by atoms with E-state index in [2.05, 4.69) is 0 Å². The van der Waals surface area contributed by atoms with Crippen LogP contribution in [0.1, 0.15) is 30.4 Å². The maximum atomic E-state index is 12.2. The van der Waals surface area contributed by atoms with E-state index < -0.39 is 23.3 Å². The quantitative estimate of drug-likeness (QED) is 0.914. The molecule has 0 aliphatic carbocycles. The Kier molecular flexibility index (Phi) is 3.51. The molecule has 1 aliphatic heterocycles. The molecule has 0 unspecified atom stereocenters. The maximum Gasteiger partial charge on any atom is 0.341 e. The van der Waals surface area contributed by atoms with Crippen LogP contribution in [-0.4, -0.2) is 22.0 Å². The molecule has 2 aromatic rings. The Bertz CT molecular complexity index is 666. The molecule has 3 rings (SSSR count). The number of benzene rings is 2. The molecule has 2 aromatic carbocycles. The van der Waals surface area contributed by atoms with Gasteiger partial charge in [-0.2, -0.15) is 0 Å². The molecule has 0 spiro atoms. The number of aliphatic hydroxyl groups is 1. The van der Waals surface area contributed by atoms with Gasteiger partial charge in [-0.1, -0.05) is 60.7 Å². The van der Waals surface area contributed by atoms with Gasteiger partial charge in [0.2, 0.25) is 0 Å². The van der Waals surface area contributed by atoms with Crippen molar-refractivity contribution in [3.05, 3.63) is 71.8 Å². The van der Waals surface area contributed by atoms with Crippen LogP contribution in [0.2, 0.25) is 0 Å². The van der Waals surface area contributed by atoms with E-state index in [1.165, 1.54) is 6.92 Å². The van der Waals surface area contributed by atoms with Gasteiger partial charge < -0.3 is 14.9 Å². The van der Waals surface area contributed by atoms with Crippen molar-refractivity contribution in [1.82, 2.24) is 0 Å². The van der Waals surface area contributed by atoms with E-state index in [1.54, 1.807) is 24.3 Å². The van der Waals surface area contributed by atoms with E-state index >= 15 is 0 Å². The Morgan fingerprint density at radius 2 is 1.64 bits per heavy atom. The van der Waals surface area contributed by atoms with Crippen molar-refractivity contribution in [2.75, 3.05) is 0 Å². The first-order chi connectivity index (χ1) is 10.5. The lowest BCUT2D eigenvalue weighted by molar-refractivity contribution is -0.225. The van der Waals surface area contributed by atoms with Gasteiger partial charge in [0, 0.05) is 12.3 Å². The zero-order valence-corrected chi connectivity index (χ0v) is 12.3. The molecule has 114 valence electrons. The number of aliphatic carboxylic acids is 1. The summed E-state index contributed by atoms with van der Waals surface area (Å²) >= 11 is 0. The van der Waals surface area contributed by atoms with E-state index in [1.807, 2.05) is 36.4 Å². The van der Waals surface area contributed by atoms with Crippen molar-refractivity contribution in [3.63, 3.8) is 0 Å². The Hall–Kier alpha value is -2.17. The molecule has 0 amide bonds. The summed E-state index contributed by atoms with van der Waals surface area (Å²) in [5.74, 6) is -3.05. The molecule has 4 nitrogen and oxygen atoms in total. The summed E-state index contributed by atoms with van der Waals surface area (Å²) in [6.07, 6.45) is 0.220. The van der Waals surface area contributed by atoms with Gasteiger partial charge in [-0.3, -0.25) is 0 Å². The van der Waals surface area contributed by atoms with Gasteiger partial charge in [-0.15, -0.1) is 0 Å². The number of hydrogen-bond donors (Lipinski definition) is 2. The van der Waals surface area contributed by atoms with Gasteiger partial charge in [0.15, 0.2) is 11.4 Å². The summed E-state index contributed by atoms with van der Waals surface area (Å²) < 4.78 is 5.71. The number of rotatable bonds is 3. The van der Waals surface area contributed by atoms with Crippen LogP contribution in [0.15, 0.2) is 60.7 Å². The highest BCUT2D eigenvalue weighted by atomic mass is 16.7. The van der Waals surface area contributed by atoms with E-state index in [0.29, 0.717) is 5.56 Å². The first kappa shape index (κ1) is 14.8. The number of carboxylic acid groups (broad SMARTS) is 1. The first-order valence-electron chi connectivity index (χ1n) is 7.22. The molecule has 0 saturated carbocycles. The van der Waals surface area contributed by atoms with Crippen molar-refractivity contribution >= 4 is 5.97 Å². The molecular weight excluding hydrogens is 280 g/mol. The molecular formula is C18H18O4. The Labute approximate surface area is 129 Å². The summed E-state index contributed by atoms with van der Waals surface area (Å²) in [7, 11) is 0. The Morgan fingerprint density at radius 3 is 2.18 bits per heavy atom. The van der Waals surface area contributed by atoms with Gasteiger partial charge in [-0.25, -0.2) is 4.79 Å². The summed E-state index contributed by atoms with van der Waals surface area (Å²) in [6.45, 7) is 1.51. The largest absolute Gasteiger partial charge is 0.479 e. The summed E-state index contributed by atoms with van der Waals surface area (Å²) in [6, 6.07) is 18.2. The average molecular weight is 298 g/mol. The van der Waals surface area contributed by atoms with Crippen LogP contribution in [0.5, 0.6) is 0 Å². The standard InChI is InChI=1S/C18H18O4/c1-17(21)12-15(13-8-4-2-5-9-13)18(22-17,16(19)20)14-10-6-3-7-11-14/h2-11,15,21H,12H2,1H3,(H,19,20)/t15-,17+,18-/m1/s1. The minimum absolute atomic E-state index is 0.220. The van der Waals surface area contributed by atoms with Crippen LogP contribution in [-0.2, 0) is 15.1 Å². The summed E-state index contributed by atoms with van der Waals surface area (Å²) in [5.41, 5.74) is -0.216. The van der Waals surface area contributed by atoms with Crippen LogP contribution in [0.4, 0.5) is 0 Å². The molecule has 2 N–H and O–H groups in total. The van der Waals surface area contributed by atoms with Crippen LogP contribution in [0, 0.1) is 0 Å². The van der Waals surface area contributed by atoms with Crippen molar-refractivity contribution in [3.8, 4) is 0 Å².